The Morgan fingerprint density at radius 2 is 0.915 bits per heavy atom. The number of aliphatic hydroxyl groups excluding tert-OH is 2. The average molecular weight is 843 g/mol. The van der Waals surface area contributed by atoms with E-state index in [4.69, 9.17) is 29.2 Å². The van der Waals surface area contributed by atoms with Gasteiger partial charge >= 0.3 is 0 Å². The monoisotopic (exact) mass is 842 g/mol. The van der Waals surface area contributed by atoms with Gasteiger partial charge in [-0.25, -0.2) is 0 Å². The number of aliphatic hydroxyl groups is 2. The second-order valence-corrected chi connectivity index (χ2v) is 25.6. The van der Waals surface area contributed by atoms with Gasteiger partial charge in [-0.1, -0.05) is 144 Å². The summed E-state index contributed by atoms with van der Waals surface area (Å²) in [6.07, 6.45) is 3.13. The van der Waals surface area contributed by atoms with Crippen molar-refractivity contribution in [1.29, 1.82) is 0 Å². The van der Waals surface area contributed by atoms with Gasteiger partial charge in [0.15, 0.2) is 5.79 Å². The maximum Gasteiger partial charge on any atom is 0.170 e. The summed E-state index contributed by atoms with van der Waals surface area (Å²) in [5, 5.41) is 17.9. The number of carbonyl (C=O) groups excluding carboxylic acids is 1. The molecule has 9 heteroatoms. The van der Waals surface area contributed by atoms with Crippen LogP contribution in [0.25, 0.3) is 22.3 Å². The van der Waals surface area contributed by atoms with Crippen molar-refractivity contribution in [2.24, 2.45) is 0 Å². The lowest BCUT2D eigenvalue weighted by atomic mass is 9.91. The summed E-state index contributed by atoms with van der Waals surface area (Å²) in [5.74, 6) is 1.91. The molecule has 59 heavy (non-hydrogen) atoms. The Kier molecular flexibility index (Phi) is 15.0. The number of ketones is 1. The van der Waals surface area contributed by atoms with Gasteiger partial charge in [0.1, 0.15) is 17.3 Å². The first kappa shape index (κ1) is 46.9. The summed E-state index contributed by atoms with van der Waals surface area (Å²) in [6.45, 7) is 24.1. The summed E-state index contributed by atoms with van der Waals surface area (Å²) in [5.41, 5.74) is 7.67. The Balaban J connectivity index is 0.000000207. The molecule has 0 saturated carbocycles. The normalized spacial score (nSPS) is 20.2. The molecule has 7 nitrogen and oxygen atoms in total. The maximum atomic E-state index is 12.4. The van der Waals surface area contributed by atoms with Crippen molar-refractivity contribution < 1.29 is 34.0 Å². The van der Waals surface area contributed by atoms with Crippen molar-refractivity contribution in [2.45, 2.75) is 121 Å². The third-order valence-electron chi connectivity index (χ3n) is 11.7. The minimum absolute atomic E-state index is 0.0476. The van der Waals surface area contributed by atoms with Gasteiger partial charge in [-0.05, 0) is 80.0 Å². The molecule has 3 aliphatic rings. The SMILES string of the molecule is COc1ccc(C)c(-c2ccccc2)c1P1C(C)(C)CC(=O)CC1(C)C.COc1ccc(C)c(-c2ccccc2)c1P1C(C)(C)CC2(CC1(C)C)OCCO2.OCCO. The van der Waals surface area contributed by atoms with Crippen LogP contribution in [-0.4, -0.2) is 83.1 Å². The molecule has 0 radical (unpaired) electrons. The van der Waals surface area contributed by atoms with Gasteiger partial charge in [0.2, 0.25) is 0 Å². The number of ether oxygens (including phenoxy) is 4. The van der Waals surface area contributed by atoms with E-state index in [0.717, 1.165) is 24.3 Å². The second kappa shape index (κ2) is 18.9. The van der Waals surface area contributed by atoms with Crippen LogP contribution in [-0.2, 0) is 14.3 Å². The van der Waals surface area contributed by atoms with E-state index in [0.29, 0.717) is 31.8 Å². The van der Waals surface area contributed by atoms with Crippen LogP contribution in [0.1, 0.15) is 92.2 Å². The zero-order valence-electron chi connectivity index (χ0n) is 37.6. The number of hydrogen-bond donors (Lipinski definition) is 2. The van der Waals surface area contributed by atoms with E-state index in [1.54, 1.807) is 14.2 Å². The Morgan fingerprint density at radius 1 is 0.559 bits per heavy atom. The molecular formula is C50H68O7P2. The van der Waals surface area contributed by atoms with Crippen LogP contribution >= 0.6 is 15.8 Å². The highest BCUT2D eigenvalue weighted by Gasteiger charge is 2.58. The molecule has 1 spiro atoms. The fraction of sp³-hybridized carbons (Fsp3) is 0.500. The number of Topliss-reactive ketones (excluding diaryl/α,β-unsaturated/α-hetero) is 1. The molecule has 3 heterocycles. The lowest BCUT2D eigenvalue weighted by molar-refractivity contribution is -0.178. The number of rotatable bonds is 7. The molecule has 4 aromatic carbocycles. The molecule has 4 aromatic rings. The number of aryl methyl sites for hydroxylation is 2. The van der Waals surface area contributed by atoms with Crippen LogP contribution in [0.3, 0.4) is 0 Å². The van der Waals surface area contributed by atoms with Crippen LogP contribution in [0.15, 0.2) is 84.9 Å². The fourth-order valence-corrected chi connectivity index (χ4v) is 19.3. The summed E-state index contributed by atoms with van der Waals surface area (Å²) in [6, 6.07) is 29.9. The maximum absolute atomic E-state index is 12.4. The summed E-state index contributed by atoms with van der Waals surface area (Å²) >= 11 is 0. The highest BCUT2D eigenvalue weighted by Crippen LogP contribution is 2.70. The van der Waals surface area contributed by atoms with Crippen molar-refractivity contribution in [2.75, 3.05) is 40.6 Å². The first-order valence-corrected chi connectivity index (χ1v) is 23.5. The van der Waals surface area contributed by atoms with Crippen LogP contribution < -0.4 is 20.1 Å². The lowest BCUT2D eigenvalue weighted by Crippen LogP contribution is -2.52. The molecule has 0 aromatic heterocycles. The van der Waals surface area contributed by atoms with Crippen LogP contribution in [0.5, 0.6) is 11.5 Å². The van der Waals surface area contributed by atoms with Crippen molar-refractivity contribution in [1.82, 2.24) is 0 Å². The van der Waals surface area contributed by atoms with Crippen LogP contribution in [0, 0.1) is 13.8 Å². The van der Waals surface area contributed by atoms with Gasteiger partial charge in [0, 0.05) is 36.3 Å². The second-order valence-electron chi connectivity index (χ2n) is 18.6. The predicted molar refractivity (Wildman–Crippen MR) is 248 cm³/mol. The molecule has 0 atom stereocenters. The smallest absolute Gasteiger partial charge is 0.170 e. The Bertz CT molecular complexity index is 1990. The largest absolute Gasteiger partial charge is 0.496 e. The van der Waals surface area contributed by atoms with Gasteiger partial charge in [-0.3, -0.25) is 4.79 Å². The Labute approximate surface area is 356 Å². The van der Waals surface area contributed by atoms with E-state index in [1.807, 2.05) is 0 Å². The third kappa shape index (κ3) is 10.2. The van der Waals surface area contributed by atoms with Crippen molar-refractivity contribution in [3.05, 3.63) is 96.1 Å². The van der Waals surface area contributed by atoms with Gasteiger partial charge in [-0.15, -0.1) is 0 Å². The molecule has 0 bridgehead atoms. The minimum atomic E-state index is -0.613. The first-order chi connectivity index (χ1) is 27.8. The molecule has 3 saturated heterocycles. The van der Waals surface area contributed by atoms with Gasteiger partial charge in [0.05, 0.1) is 40.6 Å². The van der Waals surface area contributed by atoms with Crippen molar-refractivity contribution in [3.63, 3.8) is 0 Å². The number of hydrogen-bond acceptors (Lipinski definition) is 7. The Hall–Kier alpha value is -3.15. The molecule has 7 rings (SSSR count). The zero-order chi connectivity index (χ0) is 43.4. The van der Waals surface area contributed by atoms with E-state index in [-0.39, 0.29) is 33.8 Å². The third-order valence-corrected chi connectivity index (χ3v) is 19.0. The zero-order valence-corrected chi connectivity index (χ0v) is 39.4. The summed E-state index contributed by atoms with van der Waals surface area (Å²) in [7, 11) is 2.38. The molecule has 0 unspecified atom stereocenters. The predicted octanol–water partition coefficient (Wildman–Crippen LogP) is 10.5. The summed E-state index contributed by atoms with van der Waals surface area (Å²) in [4.78, 5) is 12.4. The molecule has 3 fully saturated rings. The fourth-order valence-electron chi connectivity index (χ4n) is 10.3. The van der Waals surface area contributed by atoms with Gasteiger partial charge in [0.25, 0.3) is 0 Å². The molecule has 0 aliphatic carbocycles. The lowest BCUT2D eigenvalue weighted by Gasteiger charge is -2.56. The Morgan fingerprint density at radius 3 is 1.25 bits per heavy atom. The highest BCUT2D eigenvalue weighted by atomic mass is 31.1. The van der Waals surface area contributed by atoms with E-state index in [1.165, 1.54) is 44.0 Å². The number of carbonyl (C=O) groups is 1. The van der Waals surface area contributed by atoms with E-state index < -0.39 is 21.6 Å². The van der Waals surface area contributed by atoms with Crippen LogP contribution in [0.2, 0.25) is 0 Å². The first-order valence-electron chi connectivity index (χ1n) is 20.9. The average Bonchev–Trinajstić information content (AvgIpc) is 3.60. The van der Waals surface area contributed by atoms with Crippen LogP contribution in [0.4, 0.5) is 0 Å². The molecular weight excluding hydrogens is 774 g/mol. The minimum Gasteiger partial charge on any atom is -0.496 e. The van der Waals surface area contributed by atoms with Gasteiger partial charge in [-0.2, -0.15) is 0 Å². The topological polar surface area (TPSA) is 94.5 Å². The molecule has 3 aliphatic heterocycles. The van der Waals surface area contributed by atoms with E-state index in [9.17, 15) is 4.79 Å². The summed E-state index contributed by atoms with van der Waals surface area (Å²) < 4.78 is 24.2. The van der Waals surface area contributed by atoms with E-state index in [2.05, 4.69) is 154 Å². The van der Waals surface area contributed by atoms with Crippen molar-refractivity contribution >= 4 is 32.2 Å². The quantitative estimate of drug-likeness (QED) is 0.179. The number of methoxy groups -OCH3 is 2. The van der Waals surface area contributed by atoms with Gasteiger partial charge < -0.3 is 29.2 Å². The molecule has 320 valence electrons. The molecule has 2 N–H and O–H groups in total. The van der Waals surface area contributed by atoms with E-state index >= 15 is 0 Å². The van der Waals surface area contributed by atoms with Crippen molar-refractivity contribution in [3.8, 4) is 33.8 Å². The highest BCUT2D eigenvalue weighted by molar-refractivity contribution is 7.69. The molecule has 0 amide bonds. The number of benzene rings is 4. The standard InChI is InChI=1S/C25H33O3P.C23H29O2P.C2H6O2/c1-18-12-13-20(26-6)22(21(18)19-10-8-7-9-11-19)29-23(2,3)16-25(17-24(29,4)5)27-14-15-28-25;1-16-12-13-19(25-6)21(20(16)17-10-8-7-9-11-17)26-22(2,3)14-18(24)15-23(26,4)5;3-1-2-4/h7-13H,14-17H2,1-6H3;7-13H,14-15H2,1-6H3;3-4H,1-2H2.